The average molecular weight is 232 g/mol. The minimum absolute atomic E-state index is 0.0370. The predicted molar refractivity (Wildman–Crippen MR) is 36.6 cm³/mol. The highest BCUT2D eigenvalue weighted by atomic mass is 32.3. The first-order valence-electron chi connectivity index (χ1n) is 3.23. The van der Waals surface area contributed by atoms with Gasteiger partial charge in [-0.1, -0.05) is 3.89 Å². The Kier molecular flexibility index (Phi) is 2.52. The maximum Gasteiger partial charge on any atom is 0.408 e. The van der Waals surface area contributed by atoms with Gasteiger partial charge in [-0.05, 0) is 6.07 Å². The van der Waals surface area contributed by atoms with E-state index in [1.54, 1.807) is 0 Å². The highest BCUT2D eigenvalue weighted by molar-refractivity contribution is 7.86. The number of aromatic nitrogens is 2. The second-order valence-electron chi connectivity index (χ2n) is 2.38. The van der Waals surface area contributed by atoms with Crippen molar-refractivity contribution in [2.75, 3.05) is 0 Å². The molecule has 1 heterocycles. The van der Waals surface area contributed by atoms with E-state index in [2.05, 4.69) is 5.10 Å². The van der Waals surface area contributed by atoms with Crippen molar-refractivity contribution in [3.05, 3.63) is 12.3 Å². The van der Waals surface area contributed by atoms with Crippen LogP contribution >= 0.6 is 0 Å². The maximum atomic E-state index is 12.3. The smallest absolute Gasteiger partial charge is 0.243 e. The van der Waals surface area contributed by atoms with Crippen LogP contribution in [0.3, 0.4) is 0 Å². The molecule has 9 heteroatoms. The Morgan fingerprint density at radius 1 is 1.43 bits per heavy atom. The summed E-state index contributed by atoms with van der Waals surface area (Å²) in [5, 5.41) is 1.94. The van der Waals surface area contributed by atoms with Crippen LogP contribution in [-0.2, 0) is 16.8 Å². The van der Waals surface area contributed by atoms with Gasteiger partial charge in [0, 0.05) is 0 Å². The van der Waals surface area contributed by atoms with Crippen molar-refractivity contribution in [1.82, 2.24) is 9.78 Å². The van der Waals surface area contributed by atoms with Crippen molar-refractivity contribution < 1.29 is 25.5 Å². The van der Waals surface area contributed by atoms with Crippen LogP contribution in [0, 0.1) is 0 Å². The van der Waals surface area contributed by atoms with E-state index in [0.717, 1.165) is 6.20 Å². The van der Waals surface area contributed by atoms with Crippen molar-refractivity contribution >= 4 is 10.2 Å². The molecule has 0 aliphatic rings. The van der Waals surface area contributed by atoms with Crippen molar-refractivity contribution in [2.24, 2.45) is 0 Å². The van der Waals surface area contributed by atoms with Crippen molar-refractivity contribution in [3.8, 4) is 0 Å². The topological polar surface area (TPSA) is 52.0 Å². The fourth-order valence-corrected chi connectivity index (χ4v) is 1.40. The second-order valence-corrected chi connectivity index (χ2v) is 3.67. The molecule has 14 heavy (non-hydrogen) atoms. The van der Waals surface area contributed by atoms with Gasteiger partial charge >= 0.3 is 16.4 Å². The number of halogens is 4. The molecule has 0 bridgehead atoms. The van der Waals surface area contributed by atoms with Crippen LogP contribution in [0.1, 0.15) is 0 Å². The monoisotopic (exact) mass is 232 g/mol. The van der Waals surface area contributed by atoms with Crippen molar-refractivity contribution in [2.45, 2.75) is 17.7 Å². The summed E-state index contributed by atoms with van der Waals surface area (Å²) >= 11 is 0. The minimum atomic E-state index is -5.16. The molecule has 0 aliphatic carbocycles. The van der Waals surface area contributed by atoms with Crippen LogP contribution in [0.4, 0.5) is 17.1 Å². The molecule has 0 saturated carbocycles. The SMILES string of the molecule is O=S(=O)(F)c1ccnn1CC(F)(F)F. The van der Waals surface area contributed by atoms with Crippen LogP contribution < -0.4 is 0 Å². The molecule has 0 amide bonds. The van der Waals surface area contributed by atoms with Gasteiger partial charge in [0.2, 0.25) is 0 Å². The molecule has 0 spiro atoms. The number of alkyl halides is 3. The van der Waals surface area contributed by atoms with Gasteiger partial charge in [0.15, 0.2) is 5.03 Å². The third kappa shape index (κ3) is 2.69. The first-order chi connectivity index (χ1) is 6.20. The zero-order valence-corrected chi connectivity index (χ0v) is 7.31. The van der Waals surface area contributed by atoms with E-state index in [-0.39, 0.29) is 4.68 Å². The van der Waals surface area contributed by atoms with E-state index >= 15 is 0 Å². The van der Waals surface area contributed by atoms with Crippen LogP contribution in [-0.4, -0.2) is 24.4 Å². The van der Waals surface area contributed by atoms with Gasteiger partial charge in [0.25, 0.3) is 0 Å². The Morgan fingerprint density at radius 2 is 2.00 bits per heavy atom. The summed E-state index contributed by atoms with van der Waals surface area (Å²) in [4.78, 5) is 0. The predicted octanol–water partition coefficient (Wildman–Crippen LogP) is 1.10. The van der Waals surface area contributed by atoms with Gasteiger partial charge in [-0.25, -0.2) is 4.68 Å². The van der Waals surface area contributed by atoms with Crippen LogP contribution in [0.25, 0.3) is 0 Å². The molecule has 0 atom stereocenters. The average Bonchev–Trinajstić information content (AvgIpc) is 2.29. The van der Waals surface area contributed by atoms with Gasteiger partial charge in [-0.3, -0.25) is 0 Å². The summed E-state index contributed by atoms with van der Waals surface area (Å²) in [6, 6.07) is 0.654. The first-order valence-corrected chi connectivity index (χ1v) is 4.62. The molecule has 1 aromatic rings. The van der Waals surface area contributed by atoms with E-state index in [4.69, 9.17) is 0 Å². The number of nitrogens with zero attached hydrogens (tertiary/aromatic N) is 2. The lowest BCUT2D eigenvalue weighted by Gasteiger charge is -2.07. The molecule has 0 aliphatic heterocycles. The highest BCUT2D eigenvalue weighted by Crippen LogP contribution is 2.20. The Morgan fingerprint density at radius 3 is 2.43 bits per heavy atom. The van der Waals surface area contributed by atoms with Crippen molar-refractivity contribution in [1.29, 1.82) is 0 Å². The van der Waals surface area contributed by atoms with Gasteiger partial charge in [-0.2, -0.15) is 26.7 Å². The number of hydrogen-bond donors (Lipinski definition) is 0. The number of hydrogen-bond acceptors (Lipinski definition) is 3. The van der Waals surface area contributed by atoms with Gasteiger partial charge in [-0.15, -0.1) is 0 Å². The van der Waals surface area contributed by atoms with E-state index in [1.165, 1.54) is 0 Å². The fourth-order valence-electron chi connectivity index (χ4n) is 0.816. The van der Waals surface area contributed by atoms with Gasteiger partial charge in [0.1, 0.15) is 6.54 Å². The summed E-state index contributed by atoms with van der Waals surface area (Å²) in [6.07, 6.45) is -3.87. The Balaban J connectivity index is 3.07. The quantitative estimate of drug-likeness (QED) is 0.566. The molecule has 0 unspecified atom stereocenters. The molecular weight excluding hydrogens is 228 g/mol. The zero-order valence-electron chi connectivity index (χ0n) is 6.49. The Hall–Kier alpha value is -1.12. The molecule has 0 aromatic carbocycles. The Labute approximate surface area is 76.4 Å². The second kappa shape index (κ2) is 3.23. The molecule has 1 rings (SSSR count). The lowest BCUT2D eigenvalue weighted by atomic mass is 10.6. The summed E-state index contributed by atoms with van der Waals surface area (Å²) in [6.45, 7) is -1.64. The lowest BCUT2D eigenvalue weighted by Crippen LogP contribution is -2.20. The number of rotatable bonds is 2. The highest BCUT2D eigenvalue weighted by Gasteiger charge is 2.31. The largest absolute Gasteiger partial charge is 0.408 e. The van der Waals surface area contributed by atoms with E-state index in [9.17, 15) is 25.5 Å². The van der Waals surface area contributed by atoms with E-state index in [1.807, 2.05) is 0 Å². The van der Waals surface area contributed by atoms with E-state index < -0.39 is 28.0 Å². The molecule has 80 valence electrons. The molecular formula is C5H4F4N2O2S. The van der Waals surface area contributed by atoms with Crippen LogP contribution in [0.2, 0.25) is 0 Å². The van der Waals surface area contributed by atoms with Gasteiger partial charge in [0.05, 0.1) is 6.20 Å². The van der Waals surface area contributed by atoms with Crippen molar-refractivity contribution in [3.63, 3.8) is 0 Å². The third-order valence-electron chi connectivity index (χ3n) is 1.26. The fraction of sp³-hybridized carbons (Fsp3) is 0.400. The Bertz CT molecular complexity index is 421. The van der Waals surface area contributed by atoms with Gasteiger partial charge < -0.3 is 0 Å². The summed E-state index contributed by atoms with van der Waals surface area (Å²) in [5.41, 5.74) is 0. The summed E-state index contributed by atoms with van der Waals surface area (Å²) in [5.74, 6) is 0. The summed E-state index contributed by atoms with van der Waals surface area (Å²) in [7, 11) is -5.16. The first kappa shape index (κ1) is 11.0. The van der Waals surface area contributed by atoms with Crippen LogP contribution in [0.15, 0.2) is 17.3 Å². The maximum absolute atomic E-state index is 12.3. The van der Waals surface area contributed by atoms with E-state index in [0.29, 0.717) is 6.07 Å². The standard InChI is InChI=1S/C5H4F4N2O2S/c6-5(7,8)3-11-4(1-2-10-11)14(9,12)13/h1-2H,3H2. The third-order valence-corrected chi connectivity index (χ3v) is 2.10. The molecule has 0 radical (unpaired) electrons. The molecule has 4 nitrogen and oxygen atoms in total. The molecule has 0 fully saturated rings. The summed E-state index contributed by atoms with van der Waals surface area (Å²) < 4.78 is 68.4. The zero-order chi connectivity index (χ0) is 11.0. The molecule has 0 N–H and O–H groups in total. The lowest BCUT2D eigenvalue weighted by molar-refractivity contribution is -0.144. The van der Waals surface area contributed by atoms with Crippen LogP contribution in [0.5, 0.6) is 0 Å². The molecule has 0 saturated heterocycles. The molecule has 1 aromatic heterocycles. The minimum Gasteiger partial charge on any atom is -0.243 e. The normalized spacial score (nSPS) is 13.1.